The fraction of sp³-hybridized carbons (Fsp3) is 0.917. The van der Waals surface area contributed by atoms with E-state index in [1.54, 1.807) is 0 Å². The van der Waals surface area contributed by atoms with Crippen molar-refractivity contribution in [1.29, 1.82) is 0 Å². The molecule has 2 aliphatic carbocycles. The highest BCUT2D eigenvalue weighted by Crippen LogP contribution is 2.60. The van der Waals surface area contributed by atoms with Gasteiger partial charge in [0.2, 0.25) is 0 Å². The van der Waals surface area contributed by atoms with E-state index in [1.807, 2.05) is 0 Å². The molecule has 2 N–H and O–H groups in total. The van der Waals surface area contributed by atoms with E-state index in [4.69, 9.17) is 5.11 Å². The first-order chi connectivity index (χ1) is 7.23. The number of hydrogen-bond donors (Lipinski definition) is 2. The summed E-state index contributed by atoms with van der Waals surface area (Å²) in [5.41, 5.74) is 0.673. The van der Waals surface area contributed by atoms with Crippen LogP contribution in [0.4, 0.5) is 0 Å². The summed E-state index contributed by atoms with van der Waals surface area (Å²) in [4.78, 5) is 10.3. The highest BCUT2D eigenvalue weighted by molar-refractivity contribution is 5.66. The van der Waals surface area contributed by atoms with Crippen molar-refractivity contribution >= 4 is 5.97 Å². The van der Waals surface area contributed by atoms with Crippen LogP contribution in [-0.2, 0) is 4.79 Å². The molecule has 3 nitrogen and oxygen atoms in total. The number of unbranched alkanes of at least 4 members (excludes halogenated alkanes) is 1. The van der Waals surface area contributed by atoms with Gasteiger partial charge in [-0.3, -0.25) is 4.79 Å². The van der Waals surface area contributed by atoms with Crippen molar-refractivity contribution in [3.63, 3.8) is 0 Å². The van der Waals surface area contributed by atoms with Crippen molar-refractivity contribution in [1.82, 2.24) is 5.32 Å². The number of carboxylic acid groups (broad SMARTS) is 1. The highest BCUT2D eigenvalue weighted by Gasteiger charge is 2.52. The van der Waals surface area contributed by atoms with Gasteiger partial charge in [-0.1, -0.05) is 0 Å². The van der Waals surface area contributed by atoms with Gasteiger partial charge < -0.3 is 10.4 Å². The van der Waals surface area contributed by atoms with Crippen LogP contribution in [0.2, 0.25) is 0 Å². The van der Waals surface area contributed by atoms with E-state index in [0.29, 0.717) is 11.8 Å². The maximum absolute atomic E-state index is 10.3. The Bertz CT molecular complexity index is 232. The van der Waals surface area contributed by atoms with Crippen molar-refractivity contribution in [2.45, 2.75) is 44.9 Å². The summed E-state index contributed by atoms with van der Waals surface area (Å²) in [5.74, 6) is 0.343. The molecule has 2 aliphatic rings. The summed E-state index contributed by atoms with van der Waals surface area (Å²) >= 11 is 0. The number of carboxylic acids is 1. The minimum Gasteiger partial charge on any atom is -0.481 e. The average Bonchev–Trinajstić information content (AvgIpc) is 3.00. The first-order valence-corrected chi connectivity index (χ1v) is 6.15. The maximum Gasteiger partial charge on any atom is 0.303 e. The van der Waals surface area contributed by atoms with Gasteiger partial charge in [0.1, 0.15) is 0 Å². The maximum atomic E-state index is 10.3. The van der Waals surface area contributed by atoms with Gasteiger partial charge in [-0.15, -0.1) is 0 Å². The Morgan fingerprint density at radius 1 is 1.33 bits per heavy atom. The Kier molecular flexibility index (Phi) is 3.29. The normalized spacial score (nSPS) is 22.7. The van der Waals surface area contributed by atoms with Crippen LogP contribution in [0.25, 0.3) is 0 Å². The fourth-order valence-electron chi connectivity index (χ4n) is 2.45. The monoisotopic (exact) mass is 211 g/mol. The molecule has 0 bridgehead atoms. The smallest absolute Gasteiger partial charge is 0.303 e. The van der Waals surface area contributed by atoms with Gasteiger partial charge in [-0.05, 0) is 56.4 Å². The average molecular weight is 211 g/mol. The van der Waals surface area contributed by atoms with Gasteiger partial charge in [0.15, 0.2) is 0 Å². The fourth-order valence-corrected chi connectivity index (χ4v) is 2.45. The second kappa shape index (κ2) is 4.52. The zero-order chi connectivity index (χ0) is 10.7. The molecule has 3 heteroatoms. The molecule has 0 aromatic rings. The molecule has 2 saturated carbocycles. The van der Waals surface area contributed by atoms with E-state index in [9.17, 15) is 4.79 Å². The molecule has 2 fully saturated rings. The zero-order valence-corrected chi connectivity index (χ0v) is 9.30. The largest absolute Gasteiger partial charge is 0.481 e. The van der Waals surface area contributed by atoms with Crippen LogP contribution in [0.15, 0.2) is 0 Å². The molecular formula is C12H21NO2. The Balaban J connectivity index is 1.47. The Morgan fingerprint density at radius 3 is 2.60 bits per heavy atom. The van der Waals surface area contributed by atoms with Crippen LogP contribution >= 0.6 is 0 Å². The standard InChI is InChI=1S/C12H21NO2/c14-11(15)3-1-2-8-13-9-12(6-7-12)10-4-5-10/h10,13H,1-9H2,(H,14,15). The molecule has 0 aromatic carbocycles. The lowest BCUT2D eigenvalue weighted by molar-refractivity contribution is -0.137. The Labute approximate surface area is 91.2 Å². The lowest BCUT2D eigenvalue weighted by Gasteiger charge is -2.14. The van der Waals surface area contributed by atoms with Gasteiger partial charge in [-0.25, -0.2) is 0 Å². The highest BCUT2D eigenvalue weighted by atomic mass is 16.4. The van der Waals surface area contributed by atoms with Gasteiger partial charge >= 0.3 is 5.97 Å². The van der Waals surface area contributed by atoms with Crippen LogP contribution < -0.4 is 5.32 Å². The molecule has 0 heterocycles. The first kappa shape index (κ1) is 10.9. The topological polar surface area (TPSA) is 49.3 Å². The third-order valence-corrected chi connectivity index (χ3v) is 3.81. The summed E-state index contributed by atoms with van der Waals surface area (Å²) in [7, 11) is 0. The van der Waals surface area contributed by atoms with E-state index in [2.05, 4.69) is 5.32 Å². The van der Waals surface area contributed by atoms with Gasteiger partial charge in [0, 0.05) is 13.0 Å². The Hall–Kier alpha value is -0.570. The van der Waals surface area contributed by atoms with Crippen molar-refractivity contribution in [2.24, 2.45) is 11.3 Å². The molecule has 0 spiro atoms. The molecule has 0 unspecified atom stereocenters. The summed E-state index contributed by atoms with van der Waals surface area (Å²) in [6.07, 6.45) is 7.84. The summed E-state index contributed by atoms with van der Waals surface area (Å²) < 4.78 is 0. The molecule has 0 amide bonds. The summed E-state index contributed by atoms with van der Waals surface area (Å²) in [5, 5.41) is 12.0. The van der Waals surface area contributed by atoms with Gasteiger partial charge in [0.05, 0.1) is 0 Å². The molecule has 0 aromatic heterocycles. The second-order valence-electron chi connectivity index (χ2n) is 5.16. The predicted octanol–water partition coefficient (Wildman–Crippen LogP) is 2.02. The van der Waals surface area contributed by atoms with Gasteiger partial charge in [0.25, 0.3) is 0 Å². The van der Waals surface area contributed by atoms with E-state index in [1.165, 1.54) is 32.2 Å². The lowest BCUT2D eigenvalue weighted by atomic mass is 10.0. The van der Waals surface area contributed by atoms with Crippen LogP contribution in [0.3, 0.4) is 0 Å². The van der Waals surface area contributed by atoms with E-state index in [-0.39, 0.29) is 0 Å². The minimum atomic E-state index is -0.674. The van der Waals surface area contributed by atoms with Crippen LogP contribution in [-0.4, -0.2) is 24.2 Å². The minimum absolute atomic E-state index is 0.315. The number of carbonyl (C=O) groups is 1. The van der Waals surface area contributed by atoms with Crippen molar-refractivity contribution in [2.75, 3.05) is 13.1 Å². The number of aliphatic carboxylic acids is 1. The van der Waals surface area contributed by atoms with Gasteiger partial charge in [-0.2, -0.15) is 0 Å². The molecular weight excluding hydrogens is 190 g/mol. The van der Waals surface area contributed by atoms with Crippen LogP contribution in [0.1, 0.15) is 44.9 Å². The van der Waals surface area contributed by atoms with E-state index < -0.39 is 5.97 Å². The molecule has 0 saturated heterocycles. The lowest BCUT2D eigenvalue weighted by Crippen LogP contribution is -2.26. The number of nitrogens with one attached hydrogen (secondary N) is 1. The Morgan fingerprint density at radius 2 is 2.07 bits per heavy atom. The second-order valence-corrected chi connectivity index (χ2v) is 5.16. The molecule has 15 heavy (non-hydrogen) atoms. The van der Waals surface area contributed by atoms with E-state index >= 15 is 0 Å². The van der Waals surface area contributed by atoms with Crippen molar-refractivity contribution < 1.29 is 9.90 Å². The van der Waals surface area contributed by atoms with E-state index in [0.717, 1.165) is 25.3 Å². The summed E-state index contributed by atoms with van der Waals surface area (Å²) in [6, 6.07) is 0. The molecule has 0 aliphatic heterocycles. The third kappa shape index (κ3) is 3.20. The van der Waals surface area contributed by atoms with Crippen molar-refractivity contribution in [3.8, 4) is 0 Å². The number of rotatable bonds is 8. The van der Waals surface area contributed by atoms with Crippen LogP contribution in [0, 0.1) is 11.3 Å². The SMILES string of the molecule is O=C(O)CCCCNCC1(C2CC2)CC1. The van der Waals surface area contributed by atoms with Crippen LogP contribution in [0.5, 0.6) is 0 Å². The molecule has 0 atom stereocenters. The number of hydrogen-bond acceptors (Lipinski definition) is 2. The zero-order valence-electron chi connectivity index (χ0n) is 9.30. The quantitative estimate of drug-likeness (QED) is 0.604. The van der Waals surface area contributed by atoms with Crippen molar-refractivity contribution in [3.05, 3.63) is 0 Å². The summed E-state index contributed by atoms with van der Waals surface area (Å²) in [6.45, 7) is 2.16. The molecule has 2 rings (SSSR count). The molecule has 0 radical (unpaired) electrons. The first-order valence-electron chi connectivity index (χ1n) is 6.15. The predicted molar refractivity (Wildman–Crippen MR) is 58.7 cm³/mol. The third-order valence-electron chi connectivity index (χ3n) is 3.81. The molecule has 86 valence electrons.